The molecule has 42 heavy (non-hydrogen) atoms. The van der Waals surface area contributed by atoms with Gasteiger partial charge in [-0.25, -0.2) is 4.79 Å². The summed E-state index contributed by atoms with van der Waals surface area (Å²) in [4.78, 5) is 59.0. The Kier molecular flexibility index (Phi) is 15.1. The maximum atomic E-state index is 13.4. The minimum Gasteiger partial charge on any atom is -0.508 e. The van der Waals surface area contributed by atoms with E-state index < -0.39 is 47.9 Å². The molecule has 0 saturated heterocycles. The molecule has 15 N–H and O–H groups in total. The van der Waals surface area contributed by atoms with Crippen molar-refractivity contribution in [3.63, 3.8) is 0 Å². The Balaban J connectivity index is 3.18. The van der Waals surface area contributed by atoms with Crippen molar-refractivity contribution >= 4 is 35.6 Å². The van der Waals surface area contributed by atoms with Crippen molar-refractivity contribution in [3.05, 3.63) is 29.8 Å². The zero-order chi connectivity index (χ0) is 31.8. The summed E-state index contributed by atoms with van der Waals surface area (Å²) in [6.07, 6.45) is 0.685. The van der Waals surface area contributed by atoms with Crippen LogP contribution in [0.15, 0.2) is 34.3 Å². The lowest BCUT2D eigenvalue weighted by Gasteiger charge is -2.26. The summed E-state index contributed by atoms with van der Waals surface area (Å²) in [5, 5.41) is 27.0. The van der Waals surface area contributed by atoms with Crippen LogP contribution in [0.25, 0.3) is 0 Å². The van der Waals surface area contributed by atoms with Gasteiger partial charge in [-0.2, -0.15) is 0 Å². The number of carbonyl (C=O) groups is 4. The first-order valence-corrected chi connectivity index (χ1v) is 13.5. The monoisotopic (exact) mass is 592 g/mol. The number of guanidine groups is 2. The quantitative estimate of drug-likeness (QED) is 0.0485. The highest BCUT2D eigenvalue weighted by molar-refractivity contribution is 5.94. The topological polar surface area (TPSA) is 300 Å². The van der Waals surface area contributed by atoms with Crippen LogP contribution in [-0.4, -0.2) is 83.1 Å². The number of carboxylic acids is 1. The zero-order valence-electron chi connectivity index (χ0n) is 24.0. The number of hydrogen-bond donors (Lipinski definition) is 10. The van der Waals surface area contributed by atoms with Gasteiger partial charge in [-0.15, -0.1) is 0 Å². The molecule has 0 aliphatic heterocycles. The Morgan fingerprint density at radius 2 is 1.21 bits per heavy atom. The van der Waals surface area contributed by atoms with Crippen molar-refractivity contribution in [2.75, 3.05) is 13.1 Å². The van der Waals surface area contributed by atoms with E-state index in [-0.39, 0.29) is 62.4 Å². The summed E-state index contributed by atoms with van der Waals surface area (Å²) >= 11 is 0. The molecule has 0 aromatic heterocycles. The van der Waals surface area contributed by atoms with Crippen LogP contribution in [0, 0.1) is 5.92 Å². The van der Waals surface area contributed by atoms with Crippen LogP contribution in [0.4, 0.5) is 0 Å². The molecule has 3 amide bonds. The third kappa shape index (κ3) is 13.6. The van der Waals surface area contributed by atoms with Gasteiger partial charge < -0.3 is 54.8 Å². The Bertz CT molecular complexity index is 1100. The van der Waals surface area contributed by atoms with Gasteiger partial charge in [0.05, 0.1) is 6.04 Å². The first-order chi connectivity index (χ1) is 19.7. The Morgan fingerprint density at radius 1 is 0.762 bits per heavy atom. The normalized spacial score (nSPS) is 13.6. The number of phenolic OH excluding ortho intramolecular Hbond substituents is 1. The second kappa shape index (κ2) is 18.0. The van der Waals surface area contributed by atoms with Gasteiger partial charge in [-0.05, 0) is 49.3 Å². The molecular weight excluding hydrogens is 548 g/mol. The van der Waals surface area contributed by atoms with Crippen LogP contribution in [-0.2, 0) is 25.6 Å². The number of aliphatic imine (C=N–C) groups is 2. The van der Waals surface area contributed by atoms with Crippen molar-refractivity contribution in [2.24, 2.45) is 44.6 Å². The summed E-state index contributed by atoms with van der Waals surface area (Å²) in [6, 6.07) is 1.43. The van der Waals surface area contributed by atoms with E-state index in [2.05, 4.69) is 25.9 Å². The second-order valence-corrected chi connectivity index (χ2v) is 10.1. The van der Waals surface area contributed by atoms with Crippen molar-refractivity contribution in [3.8, 4) is 5.75 Å². The summed E-state index contributed by atoms with van der Waals surface area (Å²) in [5.41, 5.74) is 27.8. The van der Waals surface area contributed by atoms with E-state index in [1.165, 1.54) is 12.1 Å². The highest BCUT2D eigenvalue weighted by atomic mass is 16.4. The molecule has 0 aliphatic carbocycles. The number of hydrogen-bond acceptors (Lipinski definition) is 8. The fourth-order valence-corrected chi connectivity index (χ4v) is 3.73. The van der Waals surface area contributed by atoms with E-state index in [1.54, 1.807) is 26.0 Å². The van der Waals surface area contributed by atoms with Crippen molar-refractivity contribution in [2.45, 2.75) is 70.1 Å². The van der Waals surface area contributed by atoms with Crippen molar-refractivity contribution < 1.29 is 29.4 Å². The Hall–Kier alpha value is -4.60. The zero-order valence-corrected chi connectivity index (χ0v) is 24.0. The summed E-state index contributed by atoms with van der Waals surface area (Å²) < 4.78 is 0. The van der Waals surface area contributed by atoms with Gasteiger partial charge in [-0.1, -0.05) is 26.0 Å². The van der Waals surface area contributed by atoms with E-state index in [0.29, 0.717) is 12.0 Å². The standard InChI is InChI=1S/C26H44N10O6/c1-14(2)20(27)23(40)34-17(5-3-11-32-25(28)29)21(38)36-19(13-15-7-9-16(37)10-8-15)22(39)35-18(24(41)42)6-4-12-33-26(30)31/h7-10,14,17-20,37H,3-6,11-13,27H2,1-2H3,(H,34,40)(H,35,39)(H,36,38)(H,41,42)(H4,28,29,32)(H4,30,31,33). The first kappa shape index (κ1) is 35.4. The smallest absolute Gasteiger partial charge is 0.326 e. The fourth-order valence-electron chi connectivity index (χ4n) is 3.73. The molecule has 0 spiro atoms. The minimum absolute atomic E-state index is 0.000506. The highest BCUT2D eigenvalue weighted by Gasteiger charge is 2.30. The maximum absolute atomic E-state index is 13.4. The SMILES string of the molecule is CC(C)C(N)C(=O)NC(CCCN=C(N)N)C(=O)NC(Cc1ccc(O)cc1)C(=O)NC(CCCN=C(N)N)C(=O)O. The summed E-state index contributed by atoms with van der Waals surface area (Å²) in [7, 11) is 0. The second-order valence-electron chi connectivity index (χ2n) is 10.1. The lowest BCUT2D eigenvalue weighted by atomic mass is 10.0. The van der Waals surface area contributed by atoms with E-state index in [9.17, 15) is 29.4 Å². The molecular formula is C26H44N10O6. The maximum Gasteiger partial charge on any atom is 0.326 e. The number of nitrogens with one attached hydrogen (secondary N) is 3. The first-order valence-electron chi connectivity index (χ1n) is 13.5. The lowest BCUT2D eigenvalue weighted by Crippen LogP contribution is -2.58. The molecule has 0 fully saturated rings. The molecule has 1 aromatic rings. The number of aromatic hydroxyl groups is 1. The molecule has 0 radical (unpaired) electrons. The molecule has 4 unspecified atom stereocenters. The van der Waals surface area contributed by atoms with Crippen LogP contribution in [0.2, 0.25) is 0 Å². The average Bonchev–Trinajstić information content (AvgIpc) is 2.91. The molecule has 16 nitrogen and oxygen atoms in total. The molecule has 1 rings (SSSR count). The molecule has 1 aromatic carbocycles. The molecule has 234 valence electrons. The number of amides is 3. The summed E-state index contributed by atoms with van der Waals surface area (Å²) in [5.74, 6) is -3.77. The van der Waals surface area contributed by atoms with Gasteiger partial charge in [0.2, 0.25) is 17.7 Å². The lowest BCUT2D eigenvalue weighted by molar-refractivity contribution is -0.142. The van der Waals surface area contributed by atoms with E-state index >= 15 is 0 Å². The third-order valence-electron chi connectivity index (χ3n) is 6.17. The highest BCUT2D eigenvalue weighted by Crippen LogP contribution is 2.13. The Morgan fingerprint density at radius 3 is 1.69 bits per heavy atom. The van der Waals surface area contributed by atoms with Gasteiger partial charge in [0.25, 0.3) is 0 Å². The summed E-state index contributed by atoms with van der Waals surface area (Å²) in [6.45, 7) is 3.86. The van der Waals surface area contributed by atoms with Gasteiger partial charge in [0.15, 0.2) is 11.9 Å². The number of nitrogens with zero attached hydrogens (tertiary/aromatic N) is 2. The number of aliphatic carboxylic acids is 1. The van der Waals surface area contributed by atoms with E-state index in [1.807, 2.05) is 0 Å². The van der Waals surface area contributed by atoms with Crippen LogP contribution in [0.5, 0.6) is 5.75 Å². The van der Waals surface area contributed by atoms with Gasteiger partial charge in [0.1, 0.15) is 23.9 Å². The largest absolute Gasteiger partial charge is 0.508 e. The van der Waals surface area contributed by atoms with Gasteiger partial charge in [-0.3, -0.25) is 24.4 Å². The third-order valence-corrected chi connectivity index (χ3v) is 6.17. The van der Waals surface area contributed by atoms with Crippen LogP contribution < -0.4 is 44.6 Å². The minimum atomic E-state index is -1.29. The average molecular weight is 593 g/mol. The molecule has 0 aliphatic rings. The van der Waals surface area contributed by atoms with E-state index in [0.717, 1.165) is 0 Å². The predicted molar refractivity (Wildman–Crippen MR) is 158 cm³/mol. The van der Waals surface area contributed by atoms with Crippen LogP contribution in [0.1, 0.15) is 45.1 Å². The number of phenols is 1. The number of benzene rings is 1. The van der Waals surface area contributed by atoms with Crippen molar-refractivity contribution in [1.29, 1.82) is 0 Å². The fraction of sp³-hybridized carbons (Fsp3) is 0.538. The number of carbonyl (C=O) groups excluding carboxylic acids is 3. The molecule has 0 bridgehead atoms. The predicted octanol–water partition coefficient (Wildman–Crippen LogP) is -2.44. The number of nitrogens with two attached hydrogens (primary N) is 5. The number of rotatable bonds is 18. The number of carboxylic acid groups (broad SMARTS) is 1. The van der Waals surface area contributed by atoms with Gasteiger partial charge in [0, 0.05) is 19.5 Å². The molecule has 0 saturated carbocycles. The molecule has 4 atom stereocenters. The molecule has 0 heterocycles. The van der Waals surface area contributed by atoms with Crippen LogP contribution >= 0.6 is 0 Å². The molecule has 16 heteroatoms. The van der Waals surface area contributed by atoms with E-state index in [4.69, 9.17) is 28.7 Å². The van der Waals surface area contributed by atoms with Crippen molar-refractivity contribution in [1.82, 2.24) is 16.0 Å². The van der Waals surface area contributed by atoms with Gasteiger partial charge >= 0.3 is 5.97 Å². The van der Waals surface area contributed by atoms with Crippen LogP contribution in [0.3, 0.4) is 0 Å². The Labute approximate surface area is 244 Å².